The van der Waals surface area contributed by atoms with Crippen molar-refractivity contribution < 1.29 is 4.79 Å². The Morgan fingerprint density at radius 1 is 1.10 bits per heavy atom. The molecule has 2 aromatic rings. The number of amides is 1. The van der Waals surface area contributed by atoms with Gasteiger partial charge in [-0.25, -0.2) is 0 Å². The van der Waals surface area contributed by atoms with Crippen LogP contribution in [-0.4, -0.2) is 41.9 Å². The number of nitriles is 1. The summed E-state index contributed by atoms with van der Waals surface area (Å²) in [4.78, 5) is 16.9. The molecule has 0 aliphatic carbocycles. The van der Waals surface area contributed by atoms with Crippen LogP contribution in [0.2, 0.25) is 0 Å². The van der Waals surface area contributed by atoms with Crippen LogP contribution in [0.3, 0.4) is 0 Å². The van der Waals surface area contributed by atoms with Crippen molar-refractivity contribution in [1.82, 2.24) is 9.80 Å². The summed E-state index contributed by atoms with van der Waals surface area (Å²) < 4.78 is 0. The predicted molar refractivity (Wildman–Crippen MR) is 116 cm³/mol. The SMILES string of the molecule is CCc1cccc(C)c1N/C=C(/C#N)C(=O)N1CCN(Cc2ccccc2)CC1. The molecule has 0 unspecified atom stereocenters. The van der Waals surface area contributed by atoms with Crippen molar-refractivity contribution in [2.75, 3.05) is 31.5 Å². The molecule has 1 aliphatic heterocycles. The summed E-state index contributed by atoms with van der Waals surface area (Å²) in [7, 11) is 0. The fraction of sp³-hybridized carbons (Fsp3) is 0.333. The van der Waals surface area contributed by atoms with Gasteiger partial charge in [-0.1, -0.05) is 55.5 Å². The van der Waals surface area contributed by atoms with Gasteiger partial charge in [-0.05, 0) is 30.0 Å². The molecule has 1 saturated heterocycles. The highest BCUT2D eigenvalue weighted by molar-refractivity contribution is 5.97. The number of hydrogen-bond acceptors (Lipinski definition) is 4. The predicted octanol–water partition coefficient (Wildman–Crippen LogP) is 3.72. The van der Waals surface area contributed by atoms with E-state index in [0.29, 0.717) is 13.1 Å². The number of aryl methyl sites for hydroxylation is 2. The van der Waals surface area contributed by atoms with Gasteiger partial charge in [-0.3, -0.25) is 9.69 Å². The van der Waals surface area contributed by atoms with Crippen molar-refractivity contribution in [1.29, 1.82) is 5.26 Å². The van der Waals surface area contributed by atoms with Crippen LogP contribution in [0.4, 0.5) is 5.69 Å². The van der Waals surface area contributed by atoms with Gasteiger partial charge in [0.15, 0.2) is 0 Å². The van der Waals surface area contributed by atoms with Gasteiger partial charge in [0, 0.05) is 44.6 Å². The molecule has 0 saturated carbocycles. The first-order chi connectivity index (χ1) is 14.1. The molecule has 5 nitrogen and oxygen atoms in total. The van der Waals surface area contributed by atoms with Gasteiger partial charge in [0.1, 0.15) is 11.6 Å². The molecule has 1 aliphatic rings. The van der Waals surface area contributed by atoms with E-state index in [4.69, 9.17) is 0 Å². The fourth-order valence-corrected chi connectivity index (χ4v) is 3.64. The second kappa shape index (κ2) is 9.90. The molecule has 0 aromatic heterocycles. The van der Waals surface area contributed by atoms with Gasteiger partial charge in [0.05, 0.1) is 0 Å². The highest BCUT2D eigenvalue weighted by Gasteiger charge is 2.23. The minimum Gasteiger partial charge on any atom is -0.360 e. The van der Waals surface area contributed by atoms with Crippen LogP contribution in [0.15, 0.2) is 60.3 Å². The number of nitrogens with zero attached hydrogens (tertiary/aromatic N) is 3. The molecule has 1 fully saturated rings. The molecule has 1 N–H and O–H groups in total. The molecule has 0 bridgehead atoms. The Bertz CT molecular complexity index is 906. The van der Waals surface area contributed by atoms with Gasteiger partial charge in [-0.15, -0.1) is 0 Å². The standard InChI is InChI=1S/C24H28N4O/c1-3-21-11-7-8-19(2)23(21)26-17-22(16-25)24(29)28-14-12-27(13-15-28)18-20-9-5-4-6-10-20/h4-11,17,26H,3,12-15,18H2,1-2H3/b22-17-. The van der Waals surface area contributed by atoms with E-state index in [1.54, 1.807) is 11.1 Å². The van der Waals surface area contributed by atoms with Gasteiger partial charge in [-0.2, -0.15) is 5.26 Å². The van der Waals surface area contributed by atoms with Gasteiger partial charge in [0.25, 0.3) is 5.91 Å². The number of carbonyl (C=O) groups excluding carboxylic acids is 1. The average molecular weight is 389 g/mol. The van der Waals surface area contributed by atoms with Crippen LogP contribution >= 0.6 is 0 Å². The molecule has 3 rings (SSSR count). The van der Waals surface area contributed by atoms with Crippen LogP contribution in [-0.2, 0) is 17.8 Å². The summed E-state index contributed by atoms with van der Waals surface area (Å²) >= 11 is 0. The quantitative estimate of drug-likeness (QED) is 0.605. The first kappa shape index (κ1) is 20.6. The van der Waals surface area contributed by atoms with E-state index in [9.17, 15) is 10.1 Å². The molecule has 0 spiro atoms. The largest absolute Gasteiger partial charge is 0.360 e. The summed E-state index contributed by atoms with van der Waals surface area (Å²) in [6.07, 6.45) is 2.44. The first-order valence-corrected chi connectivity index (χ1v) is 10.1. The molecule has 0 atom stereocenters. The van der Waals surface area contributed by atoms with Crippen molar-refractivity contribution in [3.05, 3.63) is 77.0 Å². The van der Waals surface area contributed by atoms with Gasteiger partial charge >= 0.3 is 0 Å². The molecular formula is C24H28N4O. The maximum Gasteiger partial charge on any atom is 0.266 e. The Labute approximate surface area is 173 Å². The lowest BCUT2D eigenvalue weighted by Gasteiger charge is -2.34. The number of para-hydroxylation sites is 1. The minimum absolute atomic E-state index is 0.145. The third-order valence-corrected chi connectivity index (χ3v) is 5.36. The lowest BCUT2D eigenvalue weighted by atomic mass is 10.1. The number of benzene rings is 2. The molecule has 0 radical (unpaired) electrons. The third-order valence-electron chi connectivity index (χ3n) is 5.36. The Morgan fingerprint density at radius 2 is 1.83 bits per heavy atom. The number of rotatable bonds is 6. The smallest absolute Gasteiger partial charge is 0.266 e. The summed E-state index contributed by atoms with van der Waals surface area (Å²) in [6, 6.07) is 18.5. The molecule has 150 valence electrons. The lowest BCUT2D eigenvalue weighted by Crippen LogP contribution is -2.48. The second-order valence-electron chi connectivity index (χ2n) is 7.33. The van der Waals surface area contributed by atoms with Crippen molar-refractivity contribution >= 4 is 11.6 Å². The number of nitrogens with one attached hydrogen (secondary N) is 1. The van der Waals surface area contributed by atoms with E-state index < -0.39 is 0 Å². The van der Waals surface area contributed by atoms with Crippen LogP contribution in [0.5, 0.6) is 0 Å². The molecule has 1 heterocycles. The Kier molecular flexibility index (Phi) is 7.04. The zero-order chi connectivity index (χ0) is 20.6. The van der Waals surface area contributed by atoms with E-state index in [2.05, 4.69) is 41.4 Å². The zero-order valence-corrected chi connectivity index (χ0v) is 17.2. The van der Waals surface area contributed by atoms with Crippen molar-refractivity contribution in [2.24, 2.45) is 0 Å². The molecular weight excluding hydrogens is 360 g/mol. The molecule has 29 heavy (non-hydrogen) atoms. The van der Waals surface area contributed by atoms with E-state index in [1.807, 2.05) is 37.3 Å². The topological polar surface area (TPSA) is 59.4 Å². The zero-order valence-electron chi connectivity index (χ0n) is 17.2. The third kappa shape index (κ3) is 5.24. The molecule has 1 amide bonds. The number of hydrogen-bond donors (Lipinski definition) is 1. The molecule has 5 heteroatoms. The van der Waals surface area contributed by atoms with E-state index in [-0.39, 0.29) is 11.5 Å². The van der Waals surface area contributed by atoms with Gasteiger partial charge in [0.2, 0.25) is 0 Å². The Balaban J connectivity index is 1.61. The summed E-state index contributed by atoms with van der Waals surface area (Å²) in [5, 5.41) is 12.7. The van der Waals surface area contributed by atoms with Crippen molar-refractivity contribution in [3.8, 4) is 6.07 Å². The van der Waals surface area contributed by atoms with Crippen LogP contribution < -0.4 is 5.32 Å². The normalized spacial score (nSPS) is 15.1. The molecule has 2 aromatic carbocycles. The van der Waals surface area contributed by atoms with Crippen LogP contribution in [0.25, 0.3) is 0 Å². The minimum atomic E-state index is -0.203. The highest BCUT2D eigenvalue weighted by Crippen LogP contribution is 2.21. The lowest BCUT2D eigenvalue weighted by molar-refractivity contribution is -0.128. The number of piperazine rings is 1. The summed E-state index contributed by atoms with van der Waals surface area (Å²) in [5.41, 5.74) is 4.66. The second-order valence-corrected chi connectivity index (χ2v) is 7.33. The summed E-state index contributed by atoms with van der Waals surface area (Å²) in [5.74, 6) is -0.203. The van der Waals surface area contributed by atoms with Crippen LogP contribution in [0, 0.1) is 18.3 Å². The highest BCUT2D eigenvalue weighted by atomic mass is 16.2. The number of anilines is 1. The maximum atomic E-state index is 12.8. The maximum absolute atomic E-state index is 12.8. The Morgan fingerprint density at radius 3 is 2.48 bits per heavy atom. The average Bonchev–Trinajstić information content (AvgIpc) is 2.76. The van der Waals surface area contributed by atoms with E-state index in [0.717, 1.165) is 37.3 Å². The Hall–Kier alpha value is -3.10. The summed E-state index contributed by atoms with van der Waals surface area (Å²) in [6.45, 7) is 7.89. The van der Waals surface area contributed by atoms with Crippen molar-refractivity contribution in [3.63, 3.8) is 0 Å². The van der Waals surface area contributed by atoms with E-state index >= 15 is 0 Å². The fourth-order valence-electron chi connectivity index (χ4n) is 3.64. The van der Waals surface area contributed by atoms with Gasteiger partial charge < -0.3 is 10.2 Å². The first-order valence-electron chi connectivity index (χ1n) is 10.1. The number of carbonyl (C=O) groups is 1. The van der Waals surface area contributed by atoms with Crippen molar-refractivity contribution in [2.45, 2.75) is 26.8 Å². The van der Waals surface area contributed by atoms with Crippen LogP contribution in [0.1, 0.15) is 23.6 Å². The van der Waals surface area contributed by atoms with E-state index in [1.165, 1.54) is 11.1 Å². The monoisotopic (exact) mass is 388 g/mol.